The topological polar surface area (TPSA) is 20.2 Å². The van der Waals surface area contributed by atoms with Crippen molar-refractivity contribution < 1.29 is 5.11 Å². The molecule has 0 radical (unpaired) electrons. The maximum atomic E-state index is 8.66. The highest BCUT2D eigenvalue weighted by atomic mass is 16.3. The molecule has 46 valence electrons. The Hall–Kier alpha value is -0.755. The van der Waals surface area contributed by atoms with Crippen LogP contribution < -0.4 is 5.46 Å². The van der Waals surface area contributed by atoms with Crippen LogP contribution in [0.4, 0.5) is 0 Å². The molecule has 0 aliphatic carbocycles. The van der Waals surface area contributed by atoms with Gasteiger partial charge in [-0.2, -0.15) is 0 Å². The summed E-state index contributed by atoms with van der Waals surface area (Å²) in [5, 5.41) is 8.66. The van der Waals surface area contributed by atoms with Gasteiger partial charge in [0.05, 0.1) is 6.61 Å². The number of hydrogen-bond donors (Lipinski definition) is 1. The molecule has 1 rings (SSSR count). The van der Waals surface area contributed by atoms with E-state index < -0.39 is 0 Å². The molecule has 0 aliphatic heterocycles. The third-order valence-corrected chi connectivity index (χ3v) is 1.27. The molecule has 0 bridgehead atoms. The molecule has 9 heavy (non-hydrogen) atoms. The molecule has 0 spiro atoms. The minimum Gasteiger partial charge on any atom is -0.392 e. The fourth-order valence-corrected chi connectivity index (χ4v) is 0.810. The third kappa shape index (κ3) is 1.58. The molecule has 0 fully saturated rings. The molecule has 0 saturated heterocycles. The summed E-state index contributed by atoms with van der Waals surface area (Å²) in [5.74, 6) is 0. The maximum Gasteiger partial charge on any atom is 0.139 e. The highest BCUT2D eigenvalue weighted by Gasteiger charge is 1.86. The third-order valence-electron chi connectivity index (χ3n) is 1.27. The lowest BCUT2D eigenvalue weighted by molar-refractivity contribution is 0.282. The van der Waals surface area contributed by atoms with Gasteiger partial charge in [0.1, 0.15) is 7.85 Å². The number of aliphatic hydroxyl groups is 1. The van der Waals surface area contributed by atoms with Crippen molar-refractivity contribution in [3.63, 3.8) is 0 Å². The summed E-state index contributed by atoms with van der Waals surface area (Å²) in [4.78, 5) is 0. The highest BCUT2D eigenvalue weighted by Crippen LogP contribution is 1.93. The van der Waals surface area contributed by atoms with E-state index in [0.29, 0.717) is 0 Å². The quantitative estimate of drug-likeness (QED) is 0.492. The fourth-order valence-electron chi connectivity index (χ4n) is 0.810. The van der Waals surface area contributed by atoms with Crippen LogP contribution in [0.3, 0.4) is 0 Å². The Labute approximate surface area is 55.7 Å². The second-order valence-electron chi connectivity index (χ2n) is 2.15. The first-order chi connectivity index (χ1) is 4.33. The predicted molar refractivity (Wildman–Crippen MR) is 40.5 cm³/mol. The summed E-state index contributed by atoms with van der Waals surface area (Å²) in [6.45, 7) is 0.141. The molecule has 0 heterocycles. The Morgan fingerprint density at radius 1 is 1.44 bits per heavy atom. The molecule has 1 aromatic rings. The second-order valence-corrected chi connectivity index (χ2v) is 2.15. The zero-order chi connectivity index (χ0) is 6.69. The van der Waals surface area contributed by atoms with Crippen molar-refractivity contribution in [2.75, 3.05) is 0 Å². The van der Waals surface area contributed by atoms with Crippen molar-refractivity contribution in [2.45, 2.75) is 6.61 Å². The normalized spacial score (nSPS) is 9.44. The Morgan fingerprint density at radius 3 is 2.67 bits per heavy atom. The van der Waals surface area contributed by atoms with Gasteiger partial charge in [0.2, 0.25) is 0 Å². The van der Waals surface area contributed by atoms with Gasteiger partial charge in [0.25, 0.3) is 0 Å². The van der Waals surface area contributed by atoms with Crippen molar-refractivity contribution in [1.29, 1.82) is 0 Å². The van der Waals surface area contributed by atoms with E-state index in [4.69, 9.17) is 5.11 Å². The Bertz CT molecular complexity index is 198. The molecule has 0 aliphatic rings. The fraction of sp³-hybridized carbons (Fsp3) is 0.143. The van der Waals surface area contributed by atoms with Gasteiger partial charge < -0.3 is 5.11 Å². The van der Waals surface area contributed by atoms with Gasteiger partial charge in [-0.05, 0) is 5.56 Å². The second kappa shape index (κ2) is 2.69. The molecule has 0 saturated carbocycles. The average Bonchev–Trinajstić information content (AvgIpc) is 1.88. The molecule has 0 unspecified atom stereocenters. The van der Waals surface area contributed by atoms with E-state index in [2.05, 4.69) is 0 Å². The van der Waals surface area contributed by atoms with E-state index >= 15 is 0 Å². The summed E-state index contributed by atoms with van der Waals surface area (Å²) in [6, 6.07) is 7.84. The van der Waals surface area contributed by atoms with Crippen LogP contribution in [0.1, 0.15) is 5.56 Å². The van der Waals surface area contributed by atoms with Gasteiger partial charge in [0.15, 0.2) is 0 Å². The number of aliphatic hydroxyl groups excluding tert-OH is 1. The minimum atomic E-state index is 0.141. The standard InChI is InChI=1S/C7H9BO/c8-7-3-1-2-6(4-7)5-9/h1-4,9H,5,8H2. The van der Waals surface area contributed by atoms with Crippen LogP contribution in [0.15, 0.2) is 24.3 Å². The van der Waals surface area contributed by atoms with Gasteiger partial charge in [-0.25, -0.2) is 0 Å². The van der Waals surface area contributed by atoms with E-state index in [9.17, 15) is 0 Å². The Balaban J connectivity index is 2.94. The minimum absolute atomic E-state index is 0.141. The SMILES string of the molecule is Bc1cccc(CO)c1. The molecule has 1 nitrogen and oxygen atoms in total. The molecule has 0 amide bonds. The molecule has 1 aromatic carbocycles. The van der Waals surface area contributed by atoms with Gasteiger partial charge in [0, 0.05) is 0 Å². The van der Waals surface area contributed by atoms with Crippen LogP contribution in [0.25, 0.3) is 0 Å². The van der Waals surface area contributed by atoms with Crippen LogP contribution in [0.5, 0.6) is 0 Å². The zero-order valence-corrected chi connectivity index (χ0v) is 5.46. The largest absolute Gasteiger partial charge is 0.392 e. The lowest BCUT2D eigenvalue weighted by Crippen LogP contribution is -2.01. The molecule has 2 heteroatoms. The van der Waals surface area contributed by atoms with Crippen LogP contribution in [0.2, 0.25) is 0 Å². The molecular weight excluding hydrogens is 111 g/mol. The van der Waals surface area contributed by atoms with Gasteiger partial charge >= 0.3 is 0 Å². The summed E-state index contributed by atoms with van der Waals surface area (Å²) in [7, 11) is 2.01. The Kier molecular flexibility index (Phi) is 1.90. The predicted octanol–water partition coefficient (Wildman–Crippen LogP) is -0.563. The van der Waals surface area contributed by atoms with E-state index in [1.165, 1.54) is 5.46 Å². The van der Waals surface area contributed by atoms with E-state index in [-0.39, 0.29) is 6.61 Å². The smallest absolute Gasteiger partial charge is 0.139 e. The van der Waals surface area contributed by atoms with Crippen LogP contribution >= 0.6 is 0 Å². The van der Waals surface area contributed by atoms with Crippen molar-refractivity contribution >= 4 is 13.3 Å². The molecular formula is C7H9BO. The molecule has 0 atom stereocenters. The first-order valence-corrected chi connectivity index (χ1v) is 2.99. The summed E-state index contributed by atoms with van der Waals surface area (Å²) < 4.78 is 0. The monoisotopic (exact) mass is 120 g/mol. The lowest BCUT2D eigenvalue weighted by atomic mass is 9.95. The van der Waals surface area contributed by atoms with Gasteiger partial charge in [-0.1, -0.05) is 29.7 Å². The van der Waals surface area contributed by atoms with Crippen LogP contribution in [0, 0.1) is 0 Å². The van der Waals surface area contributed by atoms with Crippen LogP contribution in [-0.4, -0.2) is 13.0 Å². The van der Waals surface area contributed by atoms with Gasteiger partial charge in [-0.15, -0.1) is 0 Å². The van der Waals surface area contributed by atoms with E-state index in [1.807, 2.05) is 32.1 Å². The molecule has 0 aromatic heterocycles. The zero-order valence-electron chi connectivity index (χ0n) is 5.46. The number of hydrogen-bond acceptors (Lipinski definition) is 1. The van der Waals surface area contributed by atoms with Gasteiger partial charge in [-0.3, -0.25) is 0 Å². The Morgan fingerprint density at radius 2 is 2.22 bits per heavy atom. The first-order valence-electron chi connectivity index (χ1n) is 2.99. The maximum absolute atomic E-state index is 8.66. The van der Waals surface area contributed by atoms with Crippen LogP contribution in [-0.2, 0) is 6.61 Å². The summed E-state index contributed by atoms with van der Waals surface area (Å²) in [5.41, 5.74) is 2.18. The summed E-state index contributed by atoms with van der Waals surface area (Å²) >= 11 is 0. The number of rotatable bonds is 1. The first kappa shape index (κ1) is 6.37. The highest BCUT2D eigenvalue weighted by molar-refractivity contribution is 6.32. The van der Waals surface area contributed by atoms with Crippen molar-refractivity contribution in [3.05, 3.63) is 29.8 Å². The summed E-state index contributed by atoms with van der Waals surface area (Å²) in [6.07, 6.45) is 0. The number of benzene rings is 1. The average molecular weight is 120 g/mol. The molecule has 1 N–H and O–H groups in total. The van der Waals surface area contributed by atoms with Crippen molar-refractivity contribution in [3.8, 4) is 0 Å². The van der Waals surface area contributed by atoms with E-state index in [0.717, 1.165) is 5.56 Å². The van der Waals surface area contributed by atoms with E-state index in [1.54, 1.807) is 0 Å². The van der Waals surface area contributed by atoms with Crippen molar-refractivity contribution in [2.24, 2.45) is 0 Å². The van der Waals surface area contributed by atoms with Crippen molar-refractivity contribution in [1.82, 2.24) is 0 Å². The lowest BCUT2D eigenvalue weighted by Gasteiger charge is -1.94.